The Labute approximate surface area is 185 Å². The van der Waals surface area contributed by atoms with Gasteiger partial charge >= 0.3 is 35.5 Å². The molecule has 0 aromatic heterocycles. The summed E-state index contributed by atoms with van der Waals surface area (Å²) in [6.45, 7) is -1.93. The van der Waals surface area contributed by atoms with Crippen molar-refractivity contribution >= 4 is 34.6 Å². The van der Waals surface area contributed by atoms with Crippen molar-refractivity contribution in [3.8, 4) is 0 Å². The van der Waals surface area contributed by atoms with E-state index < -0.39 is 12.9 Å². The molecule has 27 heavy (non-hydrogen) atoms. The van der Waals surface area contributed by atoms with Crippen LogP contribution in [0, 0.1) is 0 Å². The summed E-state index contributed by atoms with van der Waals surface area (Å²) in [5, 5.41) is 12.9. The Morgan fingerprint density at radius 1 is 0.778 bits per heavy atom. The largest absolute Gasteiger partial charge is 1.00 e. The Morgan fingerprint density at radius 3 is 1.48 bits per heavy atom. The van der Waals surface area contributed by atoms with Crippen molar-refractivity contribution in [1.82, 2.24) is 0 Å². The number of carboxylic acids is 1. The van der Waals surface area contributed by atoms with E-state index in [0.29, 0.717) is 6.42 Å². The van der Waals surface area contributed by atoms with Gasteiger partial charge in [0.2, 0.25) is 0 Å². The van der Waals surface area contributed by atoms with Crippen molar-refractivity contribution < 1.29 is 40.9 Å². The Morgan fingerprint density at radius 2 is 1.15 bits per heavy atom. The van der Waals surface area contributed by atoms with Crippen LogP contribution in [0.4, 0.5) is 0 Å². The van der Waals surface area contributed by atoms with Gasteiger partial charge in [-0.25, -0.2) is 0 Å². The molecule has 0 bridgehead atoms. The van der Waals surface area contributed by atoms with Gasteiger partial charge in [-0.1, -0.05) is 96.8 Å². The van der Waals surface area contributed by atoms with Crippen LogP contribution < -0.4 is 45.5 Å². The summed E-state index contributed by atoms with van der Waals surface area (Å²) in [5.74, 6) is 1.65. The molecule has 3 aromatic carbocycles. The first-order chi connectivity index (χ1) is 12.7. The molecule has 4 heteroatoms. The standard InChI is InChI=1S/C23H23O2P.Na.H/c24-23(25)18-10-11-19-26(20-12-4-1-5-13-20,21-14-6-2-7-15-21)22-16-8-3-9-17-22;;/h1-9,12-17,19H,10-11,18H2,(H,24,25);;/q;+1;-1. The zero-order chi connectivity index (χ0) is 18.2. The van der Waals surface area contributed by atoms with Crippen molar-refractivity contribution in [2.45, 2.75) is 19.3 Å². The van der Waals surface area contributed by atoms with Crippen LogP contribution in [-0.2, 0) is 4.79 Å². The van der Waals surface area contributed by atoms with Crippen LogP contribution in [0.2, 0.25) is 0 Å². The average molecular weight is 386 g/mol. The summed E-state index contributed by atoms with van der Waals surface area (Å²) in [6, 6.07) is 31.8. The van der Waals surface area contributed by atoms with E-state index in [1.807, 2.05) is 18.2 Å². The minimum Gasteiger partial charge on any atom is -1.00 e. The molecule has 0 unspecified atom stereocenters. The molecule has 0 heterocycles. The predicted octanol–water partition coefficient (Wildman–Crippen LogP) is 1.15. The van der Waals surface area contributed by atoms with Crippen molar-refractivity contribution in [3.63, 3.8) is 0 Å². The molecule has 0 atom stereocenters. The summed E-state index contributed by atoms with van der Waals surface area (Å²) in [4.78, 5) is 10.9. The summed E-state index contributed by atoms with van der Waals surface area (Å²) in [7, 11) is 0. The van der Waals surface area contributed by atoms with E-state index in [1.165, 1.54) is 15.9 Å². The molecule has 134 valence electrons. The summed E-state index contributed by atoms with van der Waals surface area (Å²) in [5.41, 5.74) is 0. The van der Waals surface area contributed by atoms with Gasteiger partial charge < -0.3 is 6.53 Å². The van der Waals surface area contributed by atoms with Crippen LogP contribution in [-0.4, -0.2) is 16.9 Å². The predicted molar refractivity (Wildman–Crippen MR) is 114 cm³/mol. The number of benzene rings is 3. The molecule has 0 radical (unpaired) electrons. The topological polar surface area (TPSA) is 37.3 Å². The minimum absolute atomic E-state index is 0. The normalized spacial score (nSPS) is 10.7. The van der Waals surface area contributed by atoms with Gasteiger partial charge in [-0.3, -0.25) is 4.79 Å². The molecule has 3 aromatic rings. The third-order valence-electron chi connectivity index (χ3n) is 4.49. The fourth-order valence-corrected chi connectivity index (χ4v) is 7.32. The smallest absolute Gasteiger partial charge is 1.00 e. The maximum absolute atomic E-state index is 10.9. The van der Waals surface area contributed by atoms with Gasteiger partial charge in [0.25, 0.3) is 0 Å². The van der Waals surface area contributed by atoms with Gasteiger partial charge in [0.05, 0.1) is 0 Å². The van der Waals surface area contributed by atoms with Crippen molar-refractivity contribution in [3.05, 3.63) is 91.0 Å². The molecule has 0 saturated heterocycles. The number of carbonyl (C=O) groups is 1. The van der Waals surface area contributed by atoms with Crippen LogP contribution >= 0.6 is 6.89 Å². The summed E-state index contributed by atoms with van der Waals surface area (Å²) < 4.78 is 0. The molecular formula is C23H24NaO2P. The monoisotopic (exact) mass is 386 g/mol. The Hall–Kier alpha value is -1.57. The number of aliphatic carboxylic acids is 1. The third kappa shape index (κ3) is 5.24. The molecule has 0 spiro atoms. The van der Waals surface area contributed by atoms with Crippen LogP contribution in [0.3, 0.4) is 0 Å². The second-order valence-corrected chi connectivity index (χ2v) is 9.56. The van der Waals surface area contributed by atoms with Crippen LogP contribution in [0.1, 0.15) is 20.7 Å². The Bertz CT molecular complexity index is 796. The Kier molecular flexibility index (Phi) is 8.60. The number of hydrogen-bond acceptors (Lipinski definition) is 1. The molecule has 2 nitrogen and oxygen atoms in total. The zero-order valence-corrected chi connectivity index (χ0v) is 18.6. The fraction of sp³-hybridized carbons (Fsp3) is 0.130. The first-order valence-corrected chi connectivity index (χ1v) is 10.7. The molecule has 1 N–H and O–H groups in total. The zero-order valence-electron chi connectivity index (χ0n) is 16.7. The van der Waals surface area contributed by atoms with E-state index in [9.17, 15) is 4.79 Å². The maximum atomic E-state index is 10.9. The van der Waals surface area contributed by atoms with E-state index in [4.69, 9.17) is 5.11 Å². The second kappa shape index (κ2) is 10.7. The number of hydrogen-bond donors (Lipinski definition) is 1. The van der Waals surface area contributed by atoms with E-state index >= 15 is 0 Å². The molecule has 0 aliphatic carbocycles. The van der Waals surface area contributed by atoms with Crippen molar-refractivity contribution in [1.29, 1.82) is 0 Å². The van der Waals surface area contributed by atoms with E-state index in [2.05, 4.69) is 78.6 Å². The van der Waals surface area contributed by atoms with Gasteiger partial charge in [-0.05, 0) is 35.6 Å². The molecule has 0 aliphatic rings. The molecule has 0 fully saturated rings. The second-order valence-electron chi connectivity index (χ2n) is 6.20. The number of unbranched alkanes of at least 4 members (excludes halogenated alkanes) is 1. The number of rotatable bonds is 7. The van der Waals surface area contributed by atoms with Gasteiger partial charge in [-0.2, -0.15) is 0 Å². The average Bonchev–Trinajstić information content (AvgIpc) is 2.70. The molecule has 3 rings (SSSR count). The van der Waals surface area contributed by atoms with Gasteiger partial charge in [-0.15, -0.1) is 0 Å². The first-order valence-electron chi connectivity index (χ1n) is 8.85. The maximum Gasteiger partial charge on any atom is 1.00 e. The molecule has 0 saturated carbocycles. The third-order valence-corrected chi connectivity index (χ3v) is 8.63. The Balaban J connectivity index is 0.00000196. The molecular weight excluding hydrogens is 362 g/mol. The first kappa shape index (κ1) is 21.7. The SMILES string of the molecule is O=C(O)CCCC=P(c1ccccc1)(c1ccccc1)c1ccccc1.[H-].[Na+]. The van der Waals surface area contributed by atoms with Crippen LogP contribution in [0.5, 0.6) is 0 Å². The summed E-state index contributed by atoms with van der Waals surface area (Å²) in [6.07, 6.45) is 1.64. The molecule has 0 aliphatic heterocycles. The molecule has 0 amide bonds. The van der Waals surface area contributed by atoms with E-state index in [-0.39, 0.29) is 37.4 Å². The number of carboxylic acid groups (broad SMARTS) is 1. The van der Waals surface area contributed by atoms with E-state index in [1.54, 1.807) is 0 Å². The van der Waals surface area contributed by atoms with Crippen LogP contribution in [0.25, 0.3) is 0 Å². The minimum atomic E-state index is -1.93. The van der Waals surface area contributed by atoms with Gasteiger partial charge in [0.15, 0.2) is 0 Å². The summed E-state index contributed by atoms with van der Waals surface area (Å²) >= 11 is 0. The van der Waals surface area contributed by atoms with Crippen molar-refractivity contribution in [2.75, 3.05) is 0 Å². The van der Waals surface area contributed by atoms with Crippen molar-refractivity contribution in [2.24, 2.45) is 0 Å². The van der Waals surface area contributed by atoms with Gasteiger partial charge in [0.1, 0.15) is 0 Å². The fourth-order valence-electron chi connectivity index (χ4n) is 3.29. The quantitative estimate of drug-likeness (QED) is 0.376. The van der Waals surface area contributed by atoms with Gasteiger partial charge in [0, 0.05) is 6.42 Å². The van der Waals surface area contributed by atoms with Crippen LogP contribution in [0.15, 0.2) is 91.0 Å². The van der Waals surface area contributed by atoms with E-state index in [0.717, 1.165) is 6.42 Å².